The van der Waals surface area contributed by atoms with Gasteiger partial charge in [-0.1, -0.05) is 24.3 Å². The zero-order valence-electron chi connectivity index (χ0n) is 13.5. The molecule has 2 N–H and O–H groups in total. The molecular weight excluding hydrogens is 421 g/mol. The van der Waals surface area contributed by atoms with Crippen LogP contribution < -0.4 is 10.6 Å². The highest BCUT2D eigenvalue weighted by molar-refractivity contribution is 14.0. The molecule has 0 atom stereocenters. The van der Waals surface area contributed by atoms with Crippen LogP contribution in [0.1, 0.15) is 11.1 Å². The van der Waals surface area contributed by atoms with Gasteiger partial charge in [0.25, 0.3) is 0 Å². The van der Waals surface area contributed by atoms with Gasteiger partial charge in [-0.2, -0.15) is 16.9 Å². The Morgan fingerprint density at radius 1 is 1.22 bits per heavy atom. The third kappa shape index (κ3) is 6.82. The number of benzene rings is 1. The zero-order chi connectivity index (χ0) is 15.6. The molecule has 5 nitrogen and oxygen atoms in total. The van der Waals surface area contributed by atoms with E-state index in [1.165, 1.54) is 11.1 Å². The summed E-state index contributed by atoms with van der Waals surface area (Å²) in [7, 11) is 1.80. The SMILES string of the molecule is CN=C(NCCSC)NCc1ccccc1Cn1cccn1.I. The first-order valence-electron chi connectivity index (χ1n) is 7.31. The number of hydrogen-bond donors (Lipinski definition) is 2. The van der Waals surface area contributed by atoms with E-state index in [4.69, 9.17) is 0 Å². The first-order chi connectivity index (χ1) is 10.8. The number of hydrogen-bond acceptors (Lipinski definition) is 3. The topological polar surface area (TPSA) is 54.2 Å². The van der Waals surface area contributed by atoms with Crippen molar-refractivity contribution in [3.05, 3.63) is 53.9 Å². The fourth-order valence-electron chi connectivity index (χ4n) is 2.12. The molecule has 0 saturated carbocycles. The van der Waals surface area contributed by atoms with Crippen LogP contribution in [0.15, 0.2) is 47.7 Å². The van der Waals surface area contributed by atoms with Gasteiger partial charge in [0.05, 0.1) is 6.54 Å². The van der Waals surface area contributed by atoms with Crippen molar-refractivity contribution >= 4 is 41.7 Å². The third-order valence-electron chi connectivity index (χ3n) is 3.28. The highest BCUT2D eigenvalue weighted by Gasteiger charge is 2.04. The lowest BCUT2D eigenvalue weighted by Gasteiger charge is -2.14. The van der Waals surface area contributed by atoms with Crippen LogP contribution in [-0.4, -0.2) is 41.3 Å². The van der Waals surface area contributed by atoms with Crippen LogP contribution in [0, 0.1) is 0 Å². The van der Waals surface area contributed by atoms with E-state index in [1.807, 2.05) is 28.7 Å². The smallest absolute Gasteiger partial charge is 0.191 e. The summed E-state index contributed by atoms with van der Waals surface area (Å²) in [4.78, 5) is 4.25. The van der Waals surface area contributed by atoms with Crippen molar-refractivity contribution in [2.24, 2.45) is 4.99 Å². The molecular formula is C16H24IN5S. The van der Waals surface area contributed by atoms with Crippen LogP contribution in [0.5, 0.6) is 0 Å². The van der Waals surface area contributed by atoms with Crippen molar-refractivity contribution in [1.82, 2.24) is 20.4 Å². The van der Waals surface area contributed by atoms with E-state index in [9.17, 15) is 0 Å². The van der Waals surface area contributed by atoms with Crippen molar-refractivity contribution in [2.75, 3.05) is 25.6 Å². The number of nitrogens with one attached hydrogen (secondary N) is 2. The van der Waals surface area contributed by atoms with Gasteiger partial charge in [0.2, 0.25) is 0 Å². The van der Waals surface area contributed by atoms with Crippen LogP contribution in [-0.2, 0) is 13.1 Å². The zero-order valence-corrected chi connectivity index (χ0v) is 16.7. The van der Waals surface area contributed by atoms with Gasteiger partial charge in [-0.25, -0.2) is 0 Å². The molecule has 0 bridgehead atoms. The number of aromatic nitrogens is 2. The average molecular weight is 445 g/mol. The molecule has 0 fully saturated rings. The number of guanidine groups is 1. The van der Waals surface area contributed by atoms with Gasteiger partial charge in [-0.3, -0.25) is 9.67 Å². The second kappa shape index (κ2) is 11.3. The van der Waals surface area contributed by atoms with Gasteiger partial charge < -0.3 is 10.6 Å². The highest BCUT2D eigenvalue weighted by Crippen LogP contribution is 2.10. The molecule has 1 aromatic heterocycles. The molecule has 0 unspecified atom stereocenters. The molecule has 2 aromatic rings. The van der Waals surface area contributed by atoms with Crippen LogP contribution in [0.2, 0.25) is 0 Å². The predicted molar refractivity (Wildman–Crippen MR) is 110 cm³/mol. The minimum atomic E-state index is 0. The Morgan fingerprint density at radius 3 is 2.65 bits per heavy atom. The van der Waals surface area contributed by atoms with Crippen molar-refractivity contribution < 1.29 is 0 Å². The van der Waals surface area contributed by atoms with E-state index in [0.717, 1.165) is 31.3 Å². The Morgan fingerprint density at radius 2 is 2.00 bits per heavy atom. The summed E-state index contributed by atoms with van der Waals surface area (Å²) in [6.45, 7) is 2.44. The Balaban J connectivity index is 0.00000264. The van der Waals surface area contributed by atoms with Crippen molar-refractivity contribution in [2.45, 2.75) is 13.1 Å². The lowest BCUT2D eigenvalue weighted by Crippen LogP contribution is -2.38. The summed E-state index contributed by atoms with van der Waals surface area (Å²) >= 11 is 1.82. The van der Waals surface area contributed by atoms with Crippen molar-refractivity contribution in [1.29, 1.82) is 0 Å². The summed E-state index contributed by atoms with van der Waals surface area (Å²) in [6.07, 6.45) is 5.88. The molecule has 0 spiro atoms. The van der Waals surface area contributed by atoms with E-state index in [1.54, 1.807) is 13.2 Å². The monoisotopic (exact) mass is 445 g/mol. The average Bonchev–Trinajstić information content (AvgIpc) is 3.05. The molecule has 1 heterocycles. The standard InChI is InChI=1S/C16H23N5S.HI/c1-17-16(18-9-11-22-2)19-12-14-6-3-4-7-15(14)13-21-10-5-8-20-21;/h3-8,10H,9,11-13H2,1-2H3,(H2,17,18,19);1H. The molecule has 2 rings (SSSR count). The first kappa shape index (κ1) is 19.8. The van der Waals surface area contributed by atoms with Gasteiger partial charge in [-0.15, -0.1) is 24.0 Å². The molecule has 0 aliphatic rings. The minimum absolute atomic E-state index is 0. The number of aliphatic imine (C=N–C) groups is 1. The molecule has 0 aliphatic heterocycles. The van der Waals surface area contributed by atoms with Crippen LogP contribution in [0.25, 0.3) is 0 Å². The fraction of sp³-hybridized carbons (Fsp3) is 0.375. The summed E-state index contributed by atoms with van der Waals surface area (Å²) in [6, 6.07) is 10.4. The molecule has 0 aliphatic carbocycles. The number of thioether (sulfide) groups is 1. The molecule has 0 amide bonds. The van der Waals surface area contributed by atoms with Gasteiger partial charge in [0.15, 0.2) is 5.96 Å². The van der Waals surface area contributed by atoms with E-state index >= 15 is 0 Å². The summed E-state index contributed by atoms with van der Waals surface area (Å²) in [5, 5.41) is 10.9. The Bertz CT molecular complexity index is 586. The highest BCUT2D eigenvalue weighted by atomic mass is 127. The normalized spacial score (nSPS) is 11.0. The van der Waals surface area contributed by atoms with E-state index < -0.39 is 0 Å². The van der Waals surface area contributed by atoms with Gasteiger partial charge in [0, 0.05) is 38.3 Å². The fourth-order valence-corrected chi connectivity index (χ4v) is 2.43. The second-order valence-electron chi connectivity index (χ2n) is 4.82. The Labute approximate surface area is 159 Å². The molecule has 0 radical (unpaired) electrons. The maximum Gasteiger partial charge on any atom is 0.191 e. The minimum Gasteiger partial charge on any atom is -0.356 e. The maximum absolute atomic E-state index is 4.27. The van der Waals surface area contributed by atoms with E-state index in [0.29, 0.717) is 0 Å². The molecule has 23 heavy (non-hydrogen) atoms. The predicted octanol–water partition coefficient (Wildman–Crippen LogP) is 2.58. The van der Waals surface area contributed by atoms with Crippen molar-refractivity contribution in [3.63, 3.8) is 0 Å². The lowest BCUT2D eigenvalue weighted by molar-refractivity contribution is 0.678. The van der Waals surface area contributed by atoms with Gasteiger partial charge in [-0.05, 0) is 23.4 Å². The molecule has 0 saturated heterocycles. The van der Waals surface area contributed by atoms with Crippen LogP contribution >= 0.6 is 35.7 Å². The quantitative estimate of drug-likeness (QED) is 0.298. The third-order valence-corrected chi connectivity index (χ3v) is 3.89. The molecule has 7 heteroatoms. The van der Waals surface area contributed by atoms with E-state index in [2.05, 4.69) is 51.2 Å². The van der Waals surface area contributed by atoms with Gasteiger partial charge in [0.1, 0.15) is 0 Å². The number of rotatable bonds is 7. The number of halogens is 1. The summed E-state index contributed by atoms with van der Waals surface area (Å²) in [5.41, 5.74) is 2.52. The Kier molecular flexibility index (Phi) is 9.77. The van der Waals surface area contributed by atoms with E-state index in [-0.39, 0.29) is 24.0 Å². The lowest BCUT2D eigenvalue weighted by atomic mass is 10.1. The largest absolute Gasteiger partial charge is 0.356 e. The molecule has 126 valence electrons. The van der Waals surface area contributed by atoms with Crippen molar-refractivity contribution in [3.8, 4) is 0 Å². The second-order valence-corrected chi connectivity index (χ2v) is 5.80. The van der Waals surface area contributed by atoms with Crippen LogP contribution in [0.3, 0.4) is 0 Å². The maximum atomic E-state index is 4.27. The number of nitrogens with zero attached hydrogens (tertiary/aromatic N) is 3. The van der Waals surface area contributed by atoms with Gasteiger partial charge >= 0.3 is 0 Å². The first-order valence-corrected chi connectivity index (χ1v) is 8.70. The molecule has 1 aromatic carbocycles. The Hall–Kier alpha value is -1.22. The van der Waals surface area contributed by atoms with Crippen LogP contribution in [0.4, 0.5) is 0 Å². The summed E-state index contributed by atoms with van der Waals surface area (Å²) < 4.78 is 1.93. The summed E-state index contributed by atoms with van der Waals surface area (Å²) in [5.74, 6) is 1.90.